The summed E-state index contributed by atoms with van der Waals surface area (Å²) in [7, 11) is 0. The highest BCUT2D eigenvalue weighted by Gasteiger charge is 2.29. The molecule has 1 fully saturated rings. The van der Waals surface area contributed by atoms with Crippen LogP contribution in [0.15, 0.2) is 0 Å². The molecule has 1 rings (SSSR count). The van der Waals surface area contributed by atoms with Gasteiger partial charge in [-0.3, -0.25) is 10.1 Å². The fourth-order valence-corrected chi connectivity index (χ4v) is 1.95. The lowest BCUT2D eigenvalue weighted by molar-refractivity contribution is -0.129. The lowest BCUT2D eigenvalue weighted by Crippen LogP contribution is -2.32. The minimum atomic E-state index is 0.0468. The van der Waals surface area contributed by atoms with E-state index in [1.807, 2.05) is 4.90 Å². The van der Waals surface area contributed by atoms with E-state index in [1.54, 1.807) is 0 Å². The third kappa shape index (κ3) is 5.04. The first kappa shape index (κ1) is 14.5. The van der Waals surface area contributed by atoms with E-state index in [-0.39, 0.29) is 11.9 Å². The molecule has 1 atom stereocenters. The zero-order valence-corrected chi connectivity index (χ0v) is 11.2. The van der Waals surface area contributed by atoms with E-state index in [2.05, 4.69) is 19.2 Å². The molecule has 1 N–H and O–H groups in total. The second-order valence-electron chi connectivity index (χ2n) is 4.62. The van der Waals surface area contributed by atoms with Gasteiger partial charge in [0.05, 0.1) is 19.3 Å². The SMILES string of the molecule is CCCCOCCN1CNC(CCCC)C1=O. The molecular formula is C13H26N2O2. The summed E-state index contributed by atoms with van der Waals surface area (Å²) in [5, 5.41) is 3.26. The van der Waals surface area contributed by atoms with Crippen molar-refractivity contribution in [1.29, 1.82) is 0 Å². The Bertz CT molecular complexity index is 221. The Hall–Kier alpha value is -0.610. The number of hydrogen-bond donors (Lipinski definition) is 1. The van der Waals surface area contributed by atoms with Gasteiger partial charge in [-0.2, -0.15) is 0 Å². The summed E-state index contributed by atoms with van der Waals surface area (Å²) < 4.78 is 5.48. The highest BCUT2D eigenvalue weighted by atomic mass is 16.5. The van der Waals surface area contributed by atoms with Gasteiger partial charge in [-0.1, -0.05) is 33.1 Å². The minimum absolute atomic E-state index is 0.0468. The van der Waals surface area contributed by atoms with Gasteiger partial charge in [0.25, 0.3) is 0 Å². The molecule has 1 heterocycles. The number of hydrogen-bond acceptors (Lipinski definition) is 3. The van der Waals surface area contributed by atoms with Crippen LogP contribution >= 0.6 is 0 Å². The topological polar surface area (TPSA) is 41.6 Å². The van der Waals surface area contributed by atoms with Crippen molar-refractivity contribution < 1.29 is 9.53 Å². The van der Waals surface area contributed by atoms with Crippen molar-refractivity contribution in [2.45, 2.75) is 52.0 Å². The number of amides is 1. The number of unbranched alkanes of at least 4 members (excludes halogenated alkanes) is 2. The second kappa shape index (κ2) is 8.48. The summed E-state index contributed by atoms with van der Waals surface area (Å²) in [6, 6.07) is 0.0468. The van der Waals surface area contributed by atoms with Crippen LogP contribution in [-0.4, -0.2) is 43.3 Å². The summed E-state index contributed by atoms with van der Waals surface area (Å²) >= 11 is 0. The van der Waals surface area contributed by atoms with Gasteiger partial charge < -0.3 is 9.64 Å². The highest BCUT2D eigenvalue weighted by Crippen LogP contribution is 2.09. The molecule has 0 radical (unpaired) electrons. The van der Waals surface area contributed by atoms with Crippen molar-refractivity contribution in [2.75, 3.05) is 26.4 Å². The highest BCUT2D eigenvalue weighted by molar-refractivity contribution is 5.83. The maximum absolute atomic E-state index is 11.9. The number of ether oxygens (including phenoxy) is 1. The van der Waals surface area contributed by atoms with Crippen molar-refractivity contribution in [3.63, 3.8) is 0 Å². The van der Waals surface area contributed by atoms with Crippen LogP contribution in [0.4, 0.5) is 0 Å². The van der Waals surface area contributed by atoms with Gasteiger partial charge in [0, 0.05) is 13.2 Å². The predicted molar refractivity (Wildman–Crippen MR) is 68.8 cm³/mol. The van der Waals surface area contributed by atoms with Gasteiger partial charge >= 0.3 is 0 Å². The number of nitrogens with zero attached hydrogens (tertiary/aromatic N) is 1. The molecule has 1 unspecified atom stereocenters. The van der Waals surface area contributed by atoms with E-state index in [0.29, 0.717) is 13.3 Å². The molecule has 4 heteroatoms. The van der Waals surface area contributed by atoms with Crippen LogP contribution in [0.3, 0.4) is 0 Å². The monoisotopic (exact) mass is 242 g/mol. The Balaban J connectivity index is 2.12. The largest absolute Gasteiger partial charge is 0.380 e. The molecule has 0 aromatic rings. The van der Waals surface area contributed by atoms with Crippen LogP contribution in [0.1, 0.15) is 46.0 Å². The normalized spacial score (nSPS) is 20.2. The summed E-state index contributed by atoms with van der Waals surface area (Å²) in [5.41, 5.74) is 0. The summed E-state index contributed by atoms with van der Waals surface area (Å²) in [4.78, 5) is 13.8. The molecular weight excluding hydrogens is 216 g/mol. The zero-order chi connectivity index (χ0) is 12.5. The molecule has 0 aliphatic carbocycles. The van der Waals surface area contributed by atoms with E-state index < -0.39 is 0 Å². The van der Waals surface area contributed by atoms with Crippen molar-refractivity contribution in [3.05, 3.63) is 0 Å². The quantitative estimate of drug-likeness (QED) is 0.626. The third-order valence-corrected chi connectivity index (χ3v) is 3.13. The summed E-state index contributed by atoms with van der Waals surface area (Å²) in [5.74, 6) is 0.248. The molecule has 0 spiro atoms. The van der Waals surface area contributed by atoms with Crippen molar-refractivity contribution in [2.24, 2.45) is 0 Å². The molecule has 0 bridgehead atoms. The van der Waals surface area contributed by atoms with Gasteiger partial charge in [-0.15, -0.1) is 0 Å². The van der Waals surface area contributed by atoms with Crippen molar-refractivity contribution >= 4 is 5.91 Å². The molecule has 100 valence electrons. The summed E-state index contributed by atoms with van der Waals surface area (Å²) in [6.07, 6.45) is 5.48. The van der Waals surface area contributed by atoms with E-state index in [9.17, 15) is 4.79 Å². The van der Waals surface area contributed by atoms with Gasteiger partial charge in [0.2, 0.25) is 5.91 Å². The maximum atomic E-state index is 11.9. The Morgan fingerprint density at radius 3 is 2.76 bits per heavy atom. The molecule has 0 saturated carbocycles. The van der Waals surface area contributed by atoms with Crippen LogP contribution in [0.5, 0.6) is 0 Å². The fourth-order valence-electron chi connectivity index (χ4n) is 1.95. The van der Waals surface area contributed by atoms with Crippen molar-refractivity contribution in [1.82, 2.24) is 10.2 Å². The number of carbonyl (C=O) groups is 1. The summed E-state index contributed by atoms with van der Waals surface area (Å²) in [6.45, 7) is 7.18. The van der Waals surface area contributed by atoms with Gasteiger partial charge in [-0.05, 0) is 12.8 Å². The van der Waals surface area contributed by atoms with E-state index in [1.165, 1.54) is 0 Å². The predicted octanol–water partition coefficient (Wildman–Crippen LogP) is 1.75. The molecule has 1 saturated heterocycles. The molecule has 1 aliphatic heterocycles. The maximum Gasteiger partial charge on any atom is 0.240 e. The van der Waals surface area contributed by atoms with Gasteiger partial charge in [-0.25, -0.2) is 0 Å². The number of rotatable bonds is 9. The number of carbonyl (C=O) groups excluding carboxylic acids is 1. The molecule has 1 amide bonds. The van der Waals surface area contributed by atoms with Crippen LogP contribution in [0.2, 0.25) is 0 Å². The van der Waals surface area contributed by atoms with E-state index in [4.69, 9.17) is 4.74 Å². The fraction of sp³-hybridized carbons (Fsp3) is 0.923. The molecule has 0 aromatic carbocycles. The third-order valence-electron chi connectivity index (χ3n) is 3.13. The van der Waals surface area contributed by atoms with E-state index in [0.717, 1.165) is 45.3 Å². The van der Waals surface area contributed by atoms with Crippen molar-refractivity contribution in [3.8, 4) is 0 Å². The van der Waals surface area contributed by atoms with E-state index >= 15 is 0 Å². The Morgan fingerprint density at radius 2 is 2.06 bits per heavy atom. The first-order chi connectivity index (χ1) is 8.29. The van der Waals surface area contributed by atoms with Crippen LogP contribution in [-0.2, 0) is 9.53 Å². The van der Waals surface area contributed by atoms with Crippen LogP contribution in [0, 0.1) is 0 Å². The average molecular weight is 242 g/mol. The first-order valence-corrected chi connectivity index (χ1v) is 6.89. The number of nitrogens with one attached hydrogen (secondary N) is 1. The molecule has 0 aromatic heterocycles. The molecule has 1 aliphatic rings. The zero-order valence-electron chi connectivity index (χ0n) is 11.2. The average Bonchev–Trinajstić information content (AvgIpc) is 2.68. The Labute approximate surface area is 105 Å². The van der Waals surface area contributed by atoms with Crippen LogP contribution in [0.25, 0.3) is 0 Å². The Kier molecular flexibility index (Phi) is 7.21. The molecule has 4 nitrogen and oxygen atoms in total. The van der Waals surface area contributed by atoms with Crippen LogP contribution < -0.4 is 5.32 Å². The Morgan fingerprint density at radius 1 is 1.29 bits per heavy atom. The second-order valence-corrected chi connectivity index (χ2v) is 4.62. The smallest absolute Gasteiger partial charge is 0.240 e. The van der Waals surface area contributed by atoms with Gasteiger partial charge in [0.1, 0.15) is 0 Å². The van der Waals surface area contributed by atoms with Gasteiger partial charge in [0.15, 0.2) is 0 Å². The standard InChI is InChI=1S/C13H26N2O2/c1-3-5-7-12-13(16)15(11-14-12)8-10-17-9-6-4-2/h12,14H,3-11H2,1-2H3. The lowest BCUT2D eigenvalue weighted by atomic mass is 10.1. The first-order valence-electron chi connectivity index (χ1n) is 6.89. The minimum Gasteiger partial charge on any atom is -0.380 e. The lowest BCUT2D eigenvalue weighted by Gasteiger charge is -2.15. The molecule has 17 heavy (non-hydrogen) atoms.